The highest BCUT2D eigenvalue weighted by Crippen LogP contribution is 2.45. The molecule has 26 heavy (non-hydrogen) atoms. The monoisotopic (exact) mass is 351 g/mol. The van der Waals surface area contributed by atoms with E-state index in [9.17, 15) is 14.9 Å². The molecule has 0 fully saturated rings. The van der Waals surface area contributed by atoms with Crippen LogP contribution >= 0.6 is 0 Å². The Hall–Kier alpha value is -3.07. The quantitative estimate of drug-likeness (QED) is 0.793. The molecule has 0 spiro atoms. The largest absolute Gasteiger partial charge is 0.465 e. The molecule has 6 nitrogen and oxygen atoms in total. The van der Waals surface area contributed by atoms with Crippen LogP contribution in [-0.2, 0) is 9.53 Å². The van der Waals surface area contributed by atoms with Gasteiger partial charge in [0.25, 0.3) is 0 Å². The minimum absolute atomic E-state index is 0.0195. The maximum atomic E-state index is 12.9. The van der Waals surface area contributed by atoms with Crippen LogP contribution in [0.5, 0.6) is 0 Å². The molecular weight excluding hydrogens is 330 g/mol. The number of carbonyl (C=O) groups is 2. The average molecular weight is 351 g/mol. The molecule has 1 aliphatic carbocycles. The third kappa shape index (κ3) is 2.97. The lowest BCUT2D eigenvalue weighted by Gasteiger charge is -2.38. The maximum absolute atomic E-state index is 12.9. The number of benzene rings is 1. The number of nitrogens with one attached hydrogen (secondary N) is 1. The van der Waals surface area contributed by atoms with E-state index in [1.165, 1.54) is 7.11 Å². The summed E-state index contributed by atoms with van der Waals surface area (Å²) in [5, 5.41) is 12.7. The molecule has 2 aliphatic rings. The number of methoxy groups -OCH3 is 1. The number of esters is 1. The summed E-state index contributed by atoms with van der Waals surface area (Å²) in [5.41, 5.74) is 8.78. The topological polar surface area (TPSA) is 105 Å². The molecule has 0 saturated heterocycles. The van der Waals surface area contributed by atoms with Gasteiger partial charge in [-0.05, 0) is 29.5 Å². The number of carbonyl (C=O) groups excluding carboxylic acids is 2. The third-order valence-electron chi connectivity index (χ3n) is 4.86. The molecule has 1 aromatic carbocycles. The van der Waals surface area contributed by atoms with Crippen molar-refractivity contribution in [1.82, 2.24) is 5.32 Å². The first-order valence-electron chi connectivity index (χ1n) is 8.38. The van der Waals surface area contributed by atoms with E-state index < -0.39 is 11.9 Å². The lowest BCUT2D eigenvalue weighted by molar-refractivity contribution is -0.118. The average Bonchev–Trinajstić information content (AvgIpc) is 2.59. The van der Waals surface area contributed by atoms with E-state index in [1.807, 2.05) is 13.8 Å². The van der Waals surface area contributed by atoms with Crippen molar-refractivity contribution in [3.05, 3.63) is 58.1 Å². The van der Waals surface area contributed by atoms with Gasteiger partial charge in [-0.3, -0.25) is 4.79 Å². The first-order valence-corrected chi connectivity index (χ1v) is 8.38. The number of nitriles is 1. The Morgan fingerprint density at radius 1 is 1.31 bits per heavy atom. The summed E-state index contributed by atoms with van der Waals surface area (Å²) in [6.07, 6.45) is 1.10. The van der Waals surface area contributed by atoms with E-state index in [1.54, 1.807) is 24.3 Å². The fraction of sp³-hybridized carbons (Fsp3) is 0.350. The van der Waals surface area contributed by atoms with Gasteiger partial charge >= 0.3 is 5.97 Å². The van der Waals surface area contributed by atoms with Crippen LogP contribution in [0, 0.1) is 16.7 Å². The fourth-order valence-corrected chi connectivity index (χ4v) is 3.70. The number of nitrogens with zero attached hydrogens (tertiary/aromatic N) is 1. The Labute approximate surface area is 152 Å². The van der Waals surface area contributed by atoms with E-state index in [0.29, 0.717) is 29.6 Å². The summed E-state index contributed by atoms with van der Waals surface area (Å²) >= 11 is 0. The van der Waals surface area contributed by atoms with Crippen LogP contribution in [0.15, 0.2) is 46.9 Å². The Balaban J connectivity index is 2.11. The van der Waals surface area contributed by atoms with Gasteiger partial charge in [-0.25, -0.2) is 4.79 Å². The molecule has 1 heterocycles. The number of dihydropyridines is 1. The van der Waals surface area contributed by atoms with Crippen LogP contribution in [0.4, 0.5) is 0 Å². The molecule has 0 aromatic heterocycles. The molecular formula is C20H21N3O3. The standard InChI is InChI=1S/C20H21N3O3/c1-20(2)8-14-17(15(24)9-20)16(13(10-21)18(22)23-14)11-4-6-12(7-5-11)19(25)26-3/h4-7,16,23H,8-9,22H2,1-3H3. The highest BCUT2D eigenvalue weighted by Gasteiger charge is 2.41. The normalized spacial score (nSPS) is 21.6. The Kier molecular flexibility index (Phi) is 4.33. The first kappa shape index (κ1) is 17.7. The van der Waals surface area contributed by atoms with E-state index >= 15 is 0 Å². The zero-order chi connectivity index (χ0) is 19.1. The number of nitrogens with two attached hydrogens (primary N) is 1. The van der Waals surface area contributed by atoms with Crippen LogP contribution in [-0.4, -0.2) is 18.9 Å². The molecule has 1 atom stereocenters. The Bertz CT molecular complexity index is 886. The lowest BCUT2D eigenvalue weighted by Crippen LogP contribution is -2.39. The molecule has 3 N–H and O–H groups in total. The number of hydrogen-bond acceptors (Lipinski definition) is 6. The summed E-state index contributed by atoms with van der Waals surface area (Å²) in [6, 6.07) is 8.88. The van der Waals surface area contributed by atoms with Gasteiger partial charge in [0.05, 0.1) is 30.2 Å². The molecule has 0 bridgehead atoms. The molecule has 1 aromatic rings. The molecule has 1 unspecified atom stereocenters. The second-order valence-corrected chi connectivity index (χ2v) is 7.44. The smallest absolute Gasteiger partial charge is 0.337 e. The third-order valence-corrected chi connectivity index (χ3v) is 4.86. The summed E-state index contributed by atoms with van der Waals surface area (Å²) < 4.78 is 4.71. The van der Waals surface area contributed by atoms with Gasteiger partial charge in [0, 0.05) is 17.7 Å². The van der Waals surface area contributed by atoms with Gasteiger partial charge in [-0.15, -0.1) is 0 Å². The van der Waals surface area contributed by atoms with Crippen LogP contribution in [0.1, 0.15) is 48.5 Å². The van der Waals surface area contributed by atoms with E-state index in [-0.39, 0.29) is 17.0 Å². The second-order valence-electron chi connectivity index (χ2n) is 7.44. The summed E-state index contributed by atoms with van der Waals surface area (Å²) in [6.45, 7) is 4.08. The molecule has 6 heteroatoms. The van der Waals surface area contributed by atoms with Gasteiger partial charge < -0.3 is 15.8 Å². The number of allylic oxidation sites excluding steroid dienone is 3. The van der Waals surface area contributed by atoms with Crippen molar-refractivity contribution in [1.29, 1.82) is 5.26 Å². The van der Waals surface area contributed by atoms with Crippen LogP contribution in [0.3, 0.4) is 0 Å². The predicted octanol–water partition coefficient (Wildman–Crippen LogP) is 2.50. The van der Waals surface area contributed by atoms with Crippen LogP contribution in [0.2, 0.25) is 0 Å². The van der Waals surface area contributed by atoms with Crippen molar-refractivity contribution < 1.29 is 14.3 Å². The minimum atomic E-state index is -0.522. The van der Waals surface area contributed by atoms with Gasteiger partial charge in [-0.1, -0.05) is 26.0 Å². The summed E-state index contributed by atoms with van der Waals surface area (Å²) in [4.78, 5) is 24.5. The minimum Gasteiger partial charge on any atom is -0.465 e. The maximum Gasteiger partial charge on any atom is 0.337 e. The molecule has 134 valence electrons. The van der Waals surface area contributed by atoms with Gasteiger partial charge in [0.15, 0.2) is 5.78 Å². The SMILES string of the molecule is COC(=O)c1ccc(C2C(C#N)=C(N)NC3=C2C(=O)CC(C)(C)C3)cc1. The molecule has 0 saturated carbocycles. The molecule has 0 amide bonds. The van der Waals surface area contributed by atoms with Crippen molar-refractivity contribution in [2.75, 3.05) is 7.11 Å². The Morgan fingerprint density at radius 2 is 1.96 bits per heavy atom. The van der Waals surface area contributed by atoms with E-state index in [4.69, 9.17) is 10.5 Å². The van der Waals surface area contributed by atoms with Crippen molar-refractivity contribution in [2.45, 2.75) is 32.6 Å². The lowest BCUT2D eigenvalue weighted by atomic mass is 9.69. The molecule has 3 rings (SSSR count). The number of hydrogen-bond donors (Lipinski definition) is 2. The van der Waals surface area contributed by atoms with Gasteiger partial charge in [0.2, 0.25) is 0 Å². The fourth-order valence-electron chi connectivity index (χ4n) is 3.70. The van der Waals surface area contributed by atoms with Crippen molar-refractivity contribution in [2.24, 2.45) is 11.1 Å². The van der Waals surface area contributed by atoms with Crippen molar-refractivity contribution in [3.8, 4) is 6.07 Å². The second kappa shape index (κ2) is 6.34. The molecule has 0 radical (unpaired) electrons. The number of ether oxygens (including phenoxy) is 1. The summed E-state index contributed by atoms with van der Waals surface area (Å²) in [5.74, 6) is -0.663. The number of rotatable bonds is 2. The highest BCUT2D eigenvalue weighted by molar-refractivity contribution is 6.00. The zero-order valence-corrected chi connectivity index (χ0v) is 15.1. The van der Waals surface area contributed by atoms with Gasteiger partial charge in [0.1, 0.15) is 5.82 Å². The van der Waals surface area contributed by atoms with Gasteiger partial charge in [-0.2, -0.15) is 5.26 Å². The number of Topliss-reactive ketones (excluding diaryl/α,β-unsaturated/α-hetero) is 1. The number of ketones is 1. The zero-order valence-electron chi connectivity index (χ0n) is 15.1. The highest BCUT2D eigenvalue weighted by atomic mass is 16.5. The summed E-state index contributed by atoms with van der Waals surface area (Å²) in [7, 11) is 1.32. The Morgan fingerprint density at radius 3 is 2.54 bits per heavy atom. The van der Waals surface area contributed by atoms with Crippen LogP contribution in [0.25, 0.3) is 0 Å². The van der Waals surface area contributed by atoms with Crippen molar-refractivity contribution >= 4 is 11.8 Å². The van der Waals surface area contributed by atoms with E-state index in [0.717, 1.165) is 11.3 Å². The van der Waals surface area contributed by atoms with Crippen molar-refractivity contribution in [3.63, 3.8) is 0 Å². The van der Waals surface area contributed by atoms with E-state index in [2.05, 4.69) is 11.4 Å². The van der Waals surface area contributed by atoms with Crippen LogP contribution < -0.4 is 11.1 Å². The predicted molar refractivity (Wildman–Crippen MR) is 95.5 cm³/mol. The molecule has 1 aliphatic heterocycles. The first-order chi connectivity index (χ1) is 12.3.